The quantitative estimate of drug-likeness (QED) is 0.564. The van der Waals surface area contributed by atoms with Gasteiger partial charge in [0, 0.05) is 52.7 Å². The van der Waals surface area contributed by atoms with Gasteiger partial charge in [0.2, 0.25) is 5.91 Å². The Balaban J connectivity index is 1.32. The van der Waals surface area contributed by atoms with Crippen molar-refractivity contribution in [3.63, 3.8) is 0 Å². The Hall–Kier alpha value is -2.51. The lowest BCUT2D eigenvalue weighted by Gasteiger charge is -2.32. The summed E-state index contributed by atoms with van der Waals surface area (Å²) >= 11 is 0. The lowest BCUT2D eigenvalue weighted by molar-refractivity contribution is -0.308. The second kappa shape index (κ2) is 9.75. The van der Waals surface area contributed by atoms with Crippen LogP contribution in [0.15, 0.2) is 6.07 Å². The highest BCUT2D eigenvalue weighted by Crippen LogP contribution is 2.38. The number of ether oxygens (including phenoxy) is 1. The van der Waals surface area contributed by atoms with Gasteiger partial charge in [-0.15, -0.1) is 0 Å². The summed E-state index contributed by atoms with van der Waals surface area (Å²) < 4.78 is 82.2. The first-order chi connectivity index (χ1) is 16.7. The number of halogens is 6. The van der Waals surface area contributed by atoms with Crippen LogP contribution < -0.4 is 0 Å². The fraction of sp³-hybridized carbons (Fsp3) is 0.773. The van der Waals surface area contributed by atoms with E-state index in [2.05, 4.69) is 14.7 Å². The van der Waals surface area contributed by atoms with Crippen molar-refractivity contribution in [2.24, 2.45) is 11.8 Å². The molecule has 4 heterocycles. The highest BCUT2D eigenvalue weighted by atomic mass is 19.4. The van der Waals surface area contributed by atoms with E-state index in [1.807, 2.05) is 22.6 Å². The topological polar surface area (TPSA) is 70.9 Å². The Bertz CT molecular complexity index is 944. The van der Waals surface area contributed by atoms with Crippen molar-refractivity contribution in [2.45, 2.75) is 57.7 Å². The molecule has 202 valence electrons. The van der Waals surface area contributed by atoms with Gasteiger partial charge in [0.15, 0.2) is 0 Å². The molecule has 8 nitrogen and oxygen atoms in total. The molecule has 0 spiro atoms. The number of alkyl halides is 6. The van der Waals surface area contributed by atoms with E-state index < -0.39 is 24.5 Å². The third kappa shape index (κ3) is 5.73. The molecule has 1 aromatic heterocycles. The largest absolute Gasteiger partial charge is 0.434 e. The molecule has 2 unspecified atom stereocenters. The molecule has 0 N–H and O–H groups in total. The fourth-order valence-electron chi connectivity index (χ4n) is 5.52. The average molecular weight is 525 g/mol. The normalized spacial score (nSPS) is 24.0. The molecule has 0 saturated carbocycles. The molecule has 14 heteroatoms. The minimum absolute atomic E-state index is 0.0459. The Labute approximate surface area is 204 Å². The summed E-state index contributed by atoms with van der Waals surface area (Å²) in [6.07, 6.45) is -15.6. The number of carbonyl (C=O) groups is 2. The molecule has 4 rings (SSSR count). The molecule has 3 aliphatic rings. The van der Waals surface area contributed by atoms with E-state index in [4.69, 9.17) is 0 Å². The third-order valence-corrected chi connectivity index (χ3v) is 7.21. The summed E-state index contributed by atoms with van der Waals surface area (Å²) in [7, 11) is 0. The number of hydrogen-bond acceptors (Lipinski definition) is 5. The predicted molar refractivity (Wildman–Crippen MR) is 114 cm³/mol. The van der Waals surface area contributed by atoms with Crippen LogP contribution in [0.4, 0.5) is 31.1 Å². The molecular formula is C22H29F6N5O3. The van der Waals surface area contributed by atoms with Crippen molar-refractivity contribution in [1.82, 2.24) is 24.5 Å². The molecular weight excluding hydrogens is 496 g/mol. The Morgan fingerprint density at radius 2 is 1.56 bits per heavy atom. The lowest BCUT2D eigenvalue weighted by atomic mass is 10.0. The first kappa shape index (κ1) is 26.6. The Morgan fingerprint density at radius 1 is 1.00 bits per heavy atom. The van der Waals surface area contributed by atoms with Crippen LogP contribution >= 0.6 is 0 Å². The molecule has 0 radical (unpaired) electrons. The van der Waals surface area contributed by atoms with Gasteiger partial charge in [0.1, 0.15) is 0 Å². The van der Waals surface area contributed by atoms with Crippen LogP contribution in [0.3, 0.4) is 0 Å². The number of fused-ring (bicyclic) bond motifs is 1. The van der Waals surface area contributed by atoms with Crippen LogP contribution in [-0.4, -0.2) is 94.2 Å². The van der Waals surface area contributed by atoms with Gasteiger partial charge in [-0.25, -0.2) is 4.79 Å². The van der Waals surface area contributed by atoms with E-state index in [1.54, 1.807) is 6.92 Å². The monoisotopic (exact) mass is 525 g/mol. The van der Waals surface area contributed by atoms with Crippen LogP contribution in [-0.2, 0) is 16.1 Å². The number of aromatic nitrogens is 2. The zero-order valence-electron chi connectivity index (χ0n) is 20.0. The maximum absolute atomic E-state index is 12.7. The number of amides is 2. The highest BCUT2D eigenvalue weighted by Gasteiger charge is 2.60. The van der Waals surface area contributed by atoms with Crippen LogP contribution in [0.2, 0.25) is 0 Å². The van der Waals surface area contributed by atoms with E-state index in [1.165, 1.54) is 0 Å². The van der Waals surface area contributed by atoms with E-state index in [0.29, 0.717) is 32.7 Å². The van der Waals surface area contributed by atoms with Gasteiger partial charge in [-0.2, -0.15) is 31.4 Å². The van der Waals surface area contributed by atoms with Gasteiger partial charge in [-0.3, -0.25) is 14.4 Å². The molecule has 2 amide bonds. The maximum atomic E-state index is 12.7. The second-order valence-electron chi connectivity index (χ2n) is 9.93. The van der Waals surface area contributed by atoms with Gasteiger partial charge in [0.05, 0.1) is 17.4 Å². The van der Waals surface area contributed by atoms with Gasteiger partial charge in [-0.05, 0) is 37.7 Å². The van der Waals surface area contributed by atoms with E-state index >= 15 is 0 Å². The molecule has 3 aliphatic heterocycles. The van der Waals surface area contributed by atoms with Crippen LogP contribution in [0.25, 0.3) is 0 Å². The number of likely N-dealkylation sites (tertiary alicyclic amines) is 3. The zero-order chi connectivity index (χ0) is 26.4. The summed E-state index contributed by atoms with van der Waals surface area (Å²) in [5.74, 6) is -0.0766. The smallest absolute Gasteiger partial charge is 0.426 e. The van der Waals surface area contributed by atoms with Crippen molar-refractivity contribution in [2.75, 3.05) is 39.3 Å². The molecule has 3 saturated heterocycles. The van der Waals surface area contributed by atoms with E-state index in [-0.39, 0.29) is 36.9 Å². The molecule has 1 aromatic rings. The first-order valence-electron chi connectivity index (χ1n) is 11.8. The minimum Gasteiger partial charge on any atom is -0.426 e. The molecule has 0 aliphatic carbocycles. The third-order valence-electron chi connectivity index (χ3n) is 7.21. The van der Waals surface area contributed by atoms with E-state index in [0.717, 1.165) is 29.1 Å². The minimum atomic E-state index is -5.73. The molecule has 36 heavy (non-hydrogen) atoms. The number of nitrogens with zero attached hydrogens (tertiary/aromatic N) is 5. The Kier molecular flexibility index (Phi) is 7.19. The molecule has 0 aromatic carbocycles. The number of piperidine rings is 1. The fourth-order valence-corrected chi connectivity index (χ4v) is 5.52. The van der Waals surface area contributed by atoms with Crippen molar-refractivity contribution in [3.05, 3.63) is 17.5 Å². The van der Waals surface area contributed by atoms with Crippen molar-refractivity contribution in [1.29, 1.82) is 0 Å². The maximum Gasteiger partial charge on any atom is 0.434 e. The number of rotatable bonds is 4. The molecule has 2 atom stereocenters. The van der Waals surface area contributed by atoms with Gasteiger partial charge in [0.25, 0.3) is 6.10 Å². The molecule has 0 bridgehead atoms. The summed E-state index contributed by atoms with van der Waals surface area (Å²) in [4.78, 5) is 28.6. The van der Waals surface area contributed by atoms with E-state index in [9.17, 15) is 35.9 Å². The zero-order valence-corrected chi connectivity index (χ0v) is 20.0. The predicted octanol–water partition coefficient (Wildman–Crippen LogP) is 3.37. The lowest BCUT2D eigenvalue weighted by Crippen LogP contribution is -2.48. The average Bonchev–Trinajstić information content (AvgIpc) is 3.43. The van der Waals surface area contributed by atoms with Crippen molar-refractivity contribution < 1.29 is 40.7 Å². The van der Waals surface area contributed by atoms with Crippen molar-refractivity contribution in [3.8, 4) is 0 Å². The van der Waals surface area contributed by atoms with Crippen LogP contribution in [0.5, 0.6) is 0 Å². The number of aryl methyl sites for hydroxylation is 1. The number of carbonyl (C=O) groups excluding carboxylic acids is 2. The summed E-state index contributed by atoms with van der Waals surface area (Å²) in [6.45, 7) is 6.60. The molecule has 3 fully saturated rings. The SMILES string of the molecule is CC(=O)N1CCC(n2nc(C)cc2CN2CC3CN(C(=O)OC(C(F)(F)F)C(F)(F)F)CC3C2)CC1. The summed E-state index contributed by atoms with van der Waals surface area (Å²) in [6, 6.07) is 2.18. The van der Waals surface area contributed by atoms with Gasteiger partial charge < -0.3 is 14.5 Å². The first-order valence-corrected chi connectivity index (χ1v) is 11.8. The highest BCUT2D eigenvalue weighted by molar-refractivity contribution is 5.73. The van der Waals surface area contributed by atoms with Crippen LogP contribution in [0.1, 0.15) is 37.2 Å². The Morgan fingerprint density at radius 3 is 2.06 bits per heavy atom. The van der Waals surface area contributed by atoms with Crippen LogP contribution in [0, 0.1) is 18.8 Å². The standard InChI is InChI=1S/C22H29F6N5O3/c1-13-7-18(33(29-13)17-3-5-31(6-4-17)14(2)34)12-30-8-15-10-32(11-16(15)9-30)20(35)36-19(21(23,24)25)22(26,27)28/h7,15-17,19H,3-6,8-12H2,1-2H3. The van der Waals surface area contributed by atoms with Gasteiger partial charge in [-0.1, -0.05) is 0 Å². The number of hydrogen-bond donors (Lipinski definition) is 0. The summed E-state index contributed by atoms with van der Waals surface area (Å²) in [5.41, 5.74) is 1.89. The second-order valence-corrected chi connectivity index (χ2v) is 9.93. The van der Waals surface area contributed by atoms with Crippen molar-refractivity contribution >= 4 is 12.0 Å². The summed E-state index contributed by atoms with van der Waals surface area (Å²) in [5, 5.41) is 4.65. The van der Waals surface area contributed by atoms with Gasteiger partial charge >= 0.3 is 18.4 Å².